The lowest BCUT2D eigenvalue weighted by molar-refractivity contribution is -0.253. The van der Waals surface area contributed by atoms with Gasteiger partial charge in [0.1, 0.15) is 6.04 Å². The Morgan fingerprint density at radius 2 is 2.18 bits per heavy atom. The van der Waals surface area contributed by atoms with Crippen LogP contribution >= 0.6 is 12.4 Å². The minimum Gasteiger partial charge on any atom is -0.379 e. The molecule has 2 unspecified atom stereocenters. The summed E-state index contributed by atoms with van der Waals surface area (Å²) in [7, 11) is 3.22. The second-order valence-corrected chi connectivity index (χ2v) is 5.21. The predicted molar refractivity (Wildman–Crippen MR) is 74.5 cm³/mol. The Balaban J connectivity index is 0.00000242. The molecule has 1 fully saturated rings. The molecule has 1 aliphatic heterocycles. The summed E-state index contributed by atoms with van der Waals surface area (Å²) in [6.07, 6.45) is -2.16. The van der Waals surface area contributed by atoms with Gasteiger partial charge in [0.05, 0.1) is 12.7 Å². The van der Waals surface area contributed by atoms with E-state index >= 15 is 0 Å². The minimum absolute atomic E-state index is 0. The van der Waals surface area contributed by atoms with Gasteiger partial charge < -0.3 is 15.3 Å². The summed E-state index contributed by atoms with van der Waals surface area (Å²) in [6.45, 7) is -0.874. The lowest BCUT2D eigenvalue weighted by Gasteiger charge is -2.27. The van der Waals surface area contributed by atoms with Gasteiger partial charge in [-0.05, 0) is 7.05 Å². The van der Waals surface area contributed by atoms with E-state index in [4.69, 9.17) is 0 Å². The molecule has 22 heavy (non-hydrogen) atoms. The van der Waals surface area contributed by atoms with Crippen molar-refractivity contribution in [2.75, 3.05) is 20.1 Å². The van der Waals surface area contributed by atoms with Gasteiger partial charge in [0, 0.05) is 31.8 Å². The number of β-amino-alcohol motifs (C(OH)–C–C–N with tert-alkyl or cyclic N) is 1. The highest BCUT2D eigenvalue weighted by molar-refractivity contribution is 5.85. The van der Waals surface area contributed by atoms with Gasteiger partial charge in [-0.3, -0.25) is 9.48 Å². The average molecular weight is 343 g/mol. The Morgan fingerprint density at radius 3 is 2.59 bits per heavy atom. The number of halogens is 4. The van der Waals surface area contributed by atoms with Gasteiger partial charge in [-0.2, -0.15) is 18.3 Å². The van der Waals surface area contributed by atoms with E-state index in [1.165, 1.54) is 10.9 Å². The third-order valence-electron chi connectivity index (χ3n) is 3.68. The van der Waals surface area contributed by atoms with Crippen molar-refractivity contribution in [2.45, 2.75) is 24.2 Å². The molecule has 6 nitrogen and oxygen atoms in total. The van der Waals surface area contributed by atoms with E-state index < -0.39 is 36.7 Å². The second kappa shape index (κ2) is 6.43. The molecule has 126 valence electrons. The number of rotatable bonds is 3. The number of hydrogen-bond acceptors (Lipinski definition) is 4. The van der Waals surface area contributed by atoms with Crippen LogP contribution in [0, 0.1) is 0 Å². The fourth-order valence-electron chi connectivity index (χ4n) is 2.42. The Hall–Kier alpha value is -1.32. The zero-order valence-corrected chi connectivity index (χ0v) is 12.9. The van der Waals surface area contributed by atoms with Crippen LogP contribution in [0.3, 0.4) is 0 Å². The van der Waals surface area contributed by atoms with Crippen molar-refractivity contribution in [3.63, 3.8) is 0 Å². The van der Waals surface area contributed by atoms with Crippen LogP contribution in [-0.4, -0.2) is 57.6 Å². The zero-order valence-electron chi connectivity index (χ0n) is 12.1. The Morgan fingerprint density at radius 1 is 1.55 bits per heavy atom. The number of nitrogens with one attached hydrogen (secondary N) is 1. The molecular formula is C12H18ClF3N4O2. The van der Waals surface area contributed by atoms with Gasteiger partial charge >= 0.3 is 6.18 Å². The van der Waals surface area contributed by atoms with Crippen molar-refractivity contribution >= 4 is 18.3 Å². The standard InChI is InChI=1S/C12H17F3N4O2.ClH/c1-16-9(8-5-17-18(2)6-8)10(20)19-4-3-11(21,7-19)12(13,14)15;/h5-6,9,16,21H,3-4,7H2,1-2H3;1H. The molecular weight excluding hydrogens is 325 g/mol. The monoisotopic (exact) mass is 342 g/mol. The topological polar surface area (TPSA) is 70.4 Å². The van der Waals surface area contributed by atoms with Crippen LogP contribution in [0.1, 0.15) is 18.0 Å². The van der Waals surface area contributed by atoms with Gasteiger partial charge in [0.2, 0.25) is 5.91 Å². The van der Waals surface area contributed by atoms with E-state index in [-0.39, 0.29) is 19.0 Å². The molecule has 0 bridgehead atoms. The molecule has 2 rings (SSSR count). The first-order valence-corrected chi connectivity index (χ1v) is 6.41. The van der Waals surface area contributed by atoms with Gasteiger partial charge in [-0.15, -0.1) is 12.4 Å². The highest BCUT2D eigenvalue weighted by Crippen LogP contribution is 2.38. The normalized spacial score (nSPS) is 23.3. The molecule has 0 aliphatic carbocycles. The first-order valence-electron chi connectivity index (χ1n) is 6.41. The number of likely N-dealkylation sites (tertiary alicyclic amines) is 1. The first-order chi connectivity index (χ1) is 9.68. The lowest BCUT2D eigenvalue weighted by atomic mass is 10.0. The molecule has 0 saturated carbocycles. The van der Waals surface area contributed by atoms with Gasteiger partial charge in [0.15, 0.2) is 5.60 Å². The Labute approximate surface area is 131 Å². The summed E-state index contributed by atoms with van der Waals surface area (Å²) in [4.78, 5) is 13.4. The van der Waals surface area contributed by atoms with Crippen LogP contribution in [-0.2, 0) is 11.8 Å². The summed E-state index contributed by atoms with van der Waals surface area (Å²) in [5.74, 6) is -0.509. The summed E-state index contributed by atoms with van der Waals surface area (Å²) in [6, 6.07) is -0.783. The van der Waals surface area contributed by atoms with Crippen LogP contribution < -0.4 is 5.32 Å². The lowest BCUT2D eigenvalue weighted by Crippen LogP contribution is -2.49. The van der Waals surface area contributed by atoms with E-state index in [1.807, 2.05) is 0 Å². The SMILES string of the molecule is CNC(C(=O)N1CCC(O)(C(F)(F)F)C1)c1cnn(C)c1.Cl. The molecule has 0 spiro atoms. The van der Waals surface area contributed by atoms with Crippen molar-refractivity contribution in [3.05, 3.63) is 18.0 Å². The summed E-state index contributed by atoms with van der Waals surface area (Å²) in [5.41, 5.74) is -2.26. The van der Waals surface area contributed by atoms with E-state index in [0.717, 1.165) is 4.90 Å². The van der Waals surface area contributed by atoms with Crippen molar-refractivity contribution in [1.29, 1.82) is 0 Å². The molecule has 1 aliphatic rings. The maximum absolute atomic E-state index is 12.8. The zero-order chi connectivity index (χ0) is 15.8. The maximum Gasteiger partial charge on any atom is 0.419 e. The predicted octanol–water partition coefficient (Wildman–Crippen LogP) is 0.628. The highest BCUT2D eigenvalue weighted by atomic mass is 35.5. The molecule has 2 heterocycles. The number of carbonyl (C=O) groups is 1. The van der Waals surface area contributed by atoms with Crippen molar-refractivity contribution in [2.24, 2.45) is 7.05 Å². The average Bonchev–Trinajstić information content (AvgIpc) is 2.97. The fourth-order valence-corrected chi connectivity index (χ4v) is 2.42. The number of carbonyl (C=O) groups excluding carboxylic acids is 1. The minimum atomic E-state index is -4.74. The van der Waals surface area contributed by atoms with Crippen LogP contribution in [0.4, 0.5) is 13.2 Å². The number of nitrogens with zero attached hydrogens (tertiary/aromatic N) is 3. The second-order valence-electron chi connectivity index (χ2n) is 5.21. The molecule has 1 aromatic rings. The fraction of sp³-hybridized carbons (Fsp3) is 0.667. The van der Waals surface area contributed by atoms with Crippen molar-refractivity contribution in [1.82, 2.24) is 20.0 Å². The molecule has 1 amide bonds. The Bertz CT molecular complexity index is 537. The van der Waals surface area contributed by atoms with Crippen LogP contribution in [0.15, 0.2) is 12.4 Å². The maximum atomic E-state index is 12.8. The molecule has 10 heteroatoms. The Kier molecular flexibility index (Phi) is 5.47. The van der Waals surface area contributed by atoms with Gasteiger partial charge in [-0.1, -0.05) is 0 Å². The highest BCUT2D eigenvalue weighted by Gasteiger charge is 2.58. The summed E-state index contributed by atoms with van der Waals surface area (Å²) < 4.78 is 39.8. The number of aliphatic hydroxyl groups is 1. The van der Waals surface area contributed by atoms with Crippen molar-refractivity contribution in [3.8, 4) is 0 Å². The molecule has 0 aromatic carbocycles. The van der Waals surface area contributed by atoms with E-state index in [9.17, 15) is 23.1 Å². The van der Waals surface area contributed by atoms with E-state index in [1.54, 1.807) is 20.3 Å². The van der Waals surface area contributed by atoms with Gasteiger partial charge in [0.25, 0.3) is 0 Å². The number of likely N-dealkylation sites (N-methyl/N-ethyl adjacent to an activating group) is 1. The number of aryl methyl sites for hydroxylation is 1. The third-order valence-corrected chi connectivity index (χ3v) is 3.68. The molecule has 1 saturated heterocycles. The van der Waals surface area contributed by atoms with Gasteiger partial charge in [-0.25, -0.2) is 0 Å². The van der Waals surface area contributed by atoms with Crippen LogP contribution in [0.2, 0.25) is 0 Å². The number of hydrogen-bond donors (Lipinski definition) is 2. The number of amides is 1. The number of alkyl halides is 3. The largest absolute Gasteiger partial charge is 0.419 e. The first kappa shape index (κ1) is 18.7. The molecule has 2 atom stereocenters. The summed E-state index contributed by atoms with van der Waals surface area (Å²) >= 11 is 0. The van der Waals surface area contributed by atoms with E-state index in [2.05, 4.69) is 10.4 Å². The molecule has 1 aromatic heterocycles. The van der Waals surface area contributed by atoms with Crippen LogP contribution in [0.5, 0.6) is 0 Å². The number of aromatic nitrogens is 2. The smallest absolute Gasteiger partial charge is 0.379 e. The third kappa shape index (κ3) is 3.36. The molecule has 0 radical (unpaired) electrons. The van der Waals surface area contributed by atoms with Crippen molar-refractivity contribution < 1.29 is 23.1 Å². The quantitative estimate of drug-likeness (QED) is 0.845. The van der Waals surface area contributed by atoms with Crippen LogP contribution in [0.25, 0.3) is 0 Å². The summed E-state index contributed by atoms with van der Waals surface area (Å²) in [5, 5.41) is 16.3. The van der Waals surface area contributed by atoms with E-state index in [0.29, 0.717) is 5.56 Å². The molecule has 2 N–H and O–H groups in total.